The van der Waals surface area contributed by atoms with Crippen LogP contribution in [0.5, 0.6) is 5.75 Å². The van der Waals surface area contributed by atoms with Crippen LogP contribution in [0.3, 0.4) is 0 Å². The summed E-state index contributed by atoms with van der Waals surface area (Å²) in [4.78, 5) is 14.7. The Balaban J connectivity index is 1.52. The van der Waals surface area contributed by atoms with Crippen molar-refractivity contribution in [2.75, 3.05) is 32.9 Å². The molecule has 1 aliphatic heterocycles. The SMILES string of the molecule is CCOc1ccc(CC(=O)NCc2ccccc2CN2CCOCC2)cc1. The minimum absolute atomic E-state index is 0.0281. The van der Waals surface area contributed by atoms with Crippen LogP contribution in [0.1, 0.15) is 23.6 Å². The van der Waals surface area contributed by atoms with Gasteiger partial charge < -0.3 is 14.8 Å². The van der Waals surface area contributed by atoms with E-state index in [1.165, 1.54) is 11.1 Å². The van der Waals surface area contributed by atoms with Crippen molar-refractivity contribution in [3.05, 3.63) is 65.2 Å². The molecule has 0 atom stereocenters. The number of carbonyl (C=O) groups excluding carboxylic acids is 1. The molecule has 1 heterocycles. The summed E-state index contributed by atoms with van der Waals surface area (Å²) in [5.41, 5.74) is 3.42. The van der Waals surface area contributed by atoms with Crippen molar-refractivity contribution in [2.45, 2.75) is 26.4 Å². The number of rotatable bonds is 8. The number of ether oxygens (including phenoxy) is 2. The molecule has 0 unspecified atom stereocenters. The summed E-state index contributed by atoms with van der Waals surface area (Å²) in [5.74, 6) is 0.860. The second-order valence-electron chi connectivity index (χ2n) is 6.69. The average Bonchev–Trinajstić information content (AvgIpc) is 2.70. The third-order valence-electron chi connectivity index (χ3n) is 4.69. The number of hydrogen-bond donors (Lipinski definition) is 1. The van der Waals surface area contributed by atoms with Crippen LogP contribution in [0.2, 0.25) is 0 Å². The average molecular weight is 368 g/mol. The summed E-state index contributed by atoms with van der Waals surface area (Å²) >= 11 is 0. The molecule has 144 valence electrons. The number of morpholine rings is 1. The highest BCUT2D eigenvalue weighted by atomic mass is 16.5. The Morgan fingerprint density at radius 2 is 1.78 bits per heavy atom. The van der Waals surface area contributed by atoms with Crippen molar-refractivity contribution >= 4 is 5.91 Å². The molecule has 1 amide bonds. The van der Waals surface area contributed by atoms with Gasteiger partial charge in [-0.15, -0.1) is 0 Å². The molecule has 1 N–H and O–H groups in total. The van der Waals surface area contributed by atoms with Gasteiger partial charge in [0, 0.05) is 26.2 Å². The second-order valence-corrected chi connectivity index (χ2v) is 6.69. The summed E-state index contributed by atoms with van der Waals surface area (Å²) in [7, 11) is 0. The van der Waals surface area contributed by atoms with Crippen molar-refractivity contribution in [2.24, 2.45) is 0 Å². The van der Waals surface area contributed by atoms with E-state index in [4.69, 9.17) is 9.47 Å². The fourth-order valence-corrected chi connectivity index (χ4v) is 3.20. The Morgan fingerprint density at radius 1 is 1.07 bits per heavy atom. The van der Waals surface area contributed by atoms with E-state index >= 15 is 0 Å². The molecule has 3 rings (SSSR count). The second kappa shape index (κ2) is 10.1. The maximum Gasteiger partial charge on any atom is 0.224 e. The highest BCUT2D eigenvalue weighted by Gasteiger charge is 2.13. The van der Waals surface area contributed by atoms with Gasteiger partial charge in [0.2, 0.25) is 5.91 Å². The Morgan fingerprint density at radius 3 is 2.48 bits per heavy atom. The van der Waals surface area contributed by atoms with Gasteiger partial charge in [0.05, 0.1) is 26.2 Å². The van der Waals surface area contributed by atoms with Crippen molar-refractivity contribution in [1.29, 1.82) is 0 Å². The fourth-order valence-electron chi connectivity index (χ4n) is 3.20. The molecule has 2 aromatic carbocycles. The van der Waals surface area contributed by atoms with Gasteiger partial charge in [0.15, 0.2) is 0 Å². The molecular formula is C22H28N2O3. The van der Waals surface area contributed by atoms with Gasteiger partial charge in [-0.25, -0.2) is 0 Å². The van der Waals surface area contributed by atoms with Crippen molar-refractivity contribution in [1.82, 2.24) is 10.2 Å². The third kappa shape index (κ3) is 6.08. The van der Waals surface area contributed by atoms with Crippen LogP contribution in [-0.2, 0) is 29.0 Å². The zero-order chi connectivity index (χ0) is 18.9. The van der Waals surface area contributed by atoms with Crippen molar-refractivity contribution < 1.29 is 14.3 Å². The molecule has 0 saturated carbocycles. The Labute approximate surface area is 161 Å². The van der Waals surface area contributed by atoms with Gasteiger partial charge in [-0.1, -0.05) is 36.4 Å². The smallest absolute Gasteiger partial charge is 0.224 e. The number of benzene rings is 2. The predicted molar refractivity (Wildman–Crippen MR) is 106 cm³/mol. The molecule has 0 radical (unpaired) electrons. The fraction of sp³-hybridized carbons (Fsp3) is 0.409. The summed E-state index contributed by atoms with van der Waals surface area (Å²) in [5, 5.41) is 3.05. The number of nitrogens with zero attached hydrogens (tertiary/aromatic N) is 1. The molecule has 27 heavy (non-hydrogen) atoms. The van der Waals surface area contributed by atoms with E-state index in [2.05, 4.69) is 28.4 Å². The first-order valence-electron chi connectivity index (χ1n) is 9.60. The minimum atomic E-state index is 0.0281. The van der Waals surface area contributed by atoms with Crippen LogP contribution < -0.4 is 10.1 Å². The number of amides is 1. The molecule has 0 aliphatic carbocycles. The normalized spacial score (nSPS) is 14.7. The van der Waals surface area contributed by atoms with Crippen LogP contribution >= 0.6 is 0 Å². The highest BCUT2D eigenvalue weighted by Crippen LogP contribution is 2.14. The molecule has 0 spiro atoms. The van der Waals surface area contributed by atoms with Crippen LogP contribution in [-0.4, -0.2) is 43.7 Å². The minimum Gasteiger partial charge on any atom is -0.494 e. The molecule has 1 saturated heterocycles. The van der Waals surface area contributed by atoms with Crippen LogP contribution in [0.25, 0.3) is 0 Å². The van der Waals surface area contributed by atoms with Gasteiger partial charge >= 0.3 is 0 Å². The molecule has 2 aromatic rings. The molecule has 1 fully saturated rings. The van der Waals surface area contributed by atoms with E-state index in [1.807, 2.05) is 37.3 Å². The summed E-state index contributed by atoms with van der Waals surface area (Å²) in [6.45, 7) is 7.55. The molecule has 5 nitrogen and oxygen atoms in total. The largest absolute Gasteiger partial charge is 0.494 e. The first kappa shape index (κ1) is 19.4. The molecule has 1 aliphatic rings. The molecule has 0 aromatic heterocycles. The third-order valence-corrected chi connectivity index (χ3v) is 4.69. The maximum absolute atomic E-state index is 12.3. The zero-order valence-corrected chi connectivity index (χ0v) is 15.9. The Kier molecular flexibility index (Phi) is 7.25. The first-order valence-corrected chi connectivity index (χ1v) is 9.60. The van der Waals surface area contributed by atoms with Gasteiger partial charge in [0.1, 0.15) is 5.75 Å². The van der Waals surface area contributed by atoms with Crippen molar-refractivity contribution in [3.8, 4) is 5.75 Å². The zero-order valence-electron chi connectivity index (χ0n) is 15.9. The van der Waals surface area contributed by atoms with E-state index < -0.39 is 0 Å². The van der Waals surface area contributed by atoms with Crippen LogP contribution in [0, 0.1) is 0 Å². The molecular weight excluding hydrogens is 340 g/mol. The Hall–Kier alpha value is -2.37. The predicted octanol–water partition coefficient (Wildman–Crippen LogP) is 2.78. The number of carbonyl (C=O) groups is 1. The van der Waals surface area contributed by atoms with Crippen LogP contribution in [0.15, 0.2) is 48.5 Å². The van der Waals surface area contributed by atoms with E-state index in [0.717, 1.165) is 44.2 Å². The van der Waals surface area contributed by atoms with Crippen molar-refractivity contribution in [3.63, 3.8) is 0 Å². The van der Waals surface area contributed by atoms with E-state index in [-0.39, 0.29) is 5.91 Å². The molecule has 0 bridgehead atoms. The monoisotopic (exact) mass is 368 g/mol. The van der Waals surface area contributed by atoms with Gasteiger partial charge in [-0.2, -0.15) is 0 Å². The lowest BCUT2D eigenvalue weighted by Gasteiger charge is -2.27. The number of hydrogen-bond acceptors (Lipinski definition) is 4. The summed E-state index contributed by atoms with van der Waals surface area (Å²) in [6.07, 6.45) is 0.373. The van der Waals surface area contributed by atoms with E-state index in [1.54, 1.807) is 0 Å². The summed E-state index contributed by atoms with van der Waals surface area (Å²) < 4.78 is 10.9. The standard InChI is InChI=1S/C22H28N2O3/c1-2-27-21-9-7-18(8-10-21)15-22(25)23-16-19-5-3-4-6-20(19)17-24-11-13-26-14-12-24/h3-10H,2,11-17H2,1H3,(H,23,25). The lowest BCUT2D eigenvalue weighted by molar-refractivity contribution is -0.120. The first-order chi connectivity index (χ1) is 13.2. The Bertz CT molecular complexity index is 725. The van der Waals surface area contributed by atoms with Gasteiger partial charge in [-0.05, 0) is 35.7 Å². The van der Waals surface area contributed by atoms with E-state index in [0.29, 0.717) is 19.6 Å². The van der Waals surface area contributed by atoms with E-state index in [9.17, 15) is 4.79 Å². The lowest BCUT2D eigenvalue weighted by Crippen LogP contribution is -2.36. The topological polar surface area (TPSA) is 50.8 Å². The molecule has 5 heteroatoms. The quantitative estimate of drug-likeness (QED) is 0.778. The lowest BCUT2D eigenvalue weighted by atomic mass is 10.1. The maximum atomic E-state index is 12.3. The summed E-state index contributed by atoms with van der Waals surface area (Å²) in [6, 6.07) is 16.0. The van der Waals surface area contributed by atoms with Gasteiger partial charge in [0.25, 0.3) is 0 Å². The van der Waals surface area contributed by atoms with Crippen LogP contribution in [0.4, 0.5) is 0 Å². The highest BCUT2D eigenvalue weighted by molar-refractivity contribution is 5.78. The van der Waals surface area contributed by atoms with Gasteiger partial charge in [-0.3, -0.25) is 9.69 Å². The number of nitrogens with one attached hydrogen (secondary N) is 1.